The van der Waals surface area contributed by atoms with Crippen molar-refractivity contribution < 1.29 is 9.84 Å². The SMILES string of the molecule is C=C(/C=C\C(C)(C)C)C1=NC(/C(=C/CO)COC)C(C)c2ccc(C)cc21. The Kier molecular flexibility index (Phi) is 6.96. The summed E-state index contributed by atoms with van der Waals surface area (Å²) in [5.41, 5.74) is 6.56. The summed E-state index contributed by atoms with van der Waals surface area (Å²) in [6, 6.07) is 6.47. The van der Waals surface area contributed by atoms with Gasteiger partial charge in [-0.05, 0) is 35.1 Å². The molecule has 0 fully saturated rings. The maximum Gasteiger partial charge on any atom is 0.0805 e. The molecule has 2 rings (SSSR count). The summed E-state index contributed by atoms with van der Waals surface area (Å²) < 4.78 is 5.37. The lowest BCUT2D eigenvalue weighted by atomic mass is 9.80. The molecule has 1 aromatic rings. The van der Waals surface area contributed by atoms with E-state index >= 15 is 0 Å². The molecule has 0 bridgehead atoms. The second-order valence-electron chi connectivity index (χ2n) is 8.42. The van der Waals surface area contributed by atoms with Crippen molar-refractivity contribution >= 4 is 5.71 Å². The summed E-state index contributed by atoms with van der Waals surface area (Å²) in [5.74, 6) is 0.205. The Morgan fingerprint density at radius 3 is 2.63 bits per heavy atom. The fraction of sp³-hybridized carbons (Fsp3) is 0.458. The van der Waals surface area contributed by atoms with E-state index in [9.17, 15) is 5.11 Å². The zero-order valence-electron chi connectivity index (χ0n) is 17.5. The number of benzene rings is 1. The van der Waals surface area contributed by atoms with Crippen molar-refractivity contribution in [1.82, 2.24) is 0 Å². The first-order valence-electron chi connectivity index (χ1n) is 9.54. The van der Waals surface area contributed by atoms with Gasteiger partial charge in [-0.25, -0.2) is 0 Å². The van der Waals surface area contributed by atoms with Gasteiger partial charge in [-0.1, -0.05) is 70.2 Å². The molecule has 3 nitrogen and oxygen atoms in total. The zero-order chi connectivity index (χ0) is 20.2. The van der Waals surface area contributed by atoms with Crippen molar-refractivity contribution in [3.63, 3.8) is 0 Å². The monoisotopic (exact) mass is 367 g/mol. The lowest BCUT2D eigenvalue weighted by Crippen LogP contribution is -2.28. The van der Waals surface area contributed by atoms with Gasteiger partial charge in [0, 0.05) is 18.6 Å². The van der Waals surface area contributed by atoms with Gasteiger partial charge in [-0.15, -0.1) is 0 Å². The van der Waals surface area contributed by atoms with Gasteiger partial charge in [0.2, 0.25) is 0 Å². The second kappa shape index (κ2) is 8.81. The Balaban J connectivity index is 2.57. The van der Waals surface area contributed by atoms with E-state index in [0.717, 1.165) is 22.4 Å². The molecule has 2 unspecified atom stereocenters. The summed E-state index contributed by atoms with van der Waals surface area (Å²) >= 11 is 0. The van der Waals surface area contributed by atoms with E-state index in [1.54, 1.807) is 7.11 Å². The number of aryl methyl sites for hydroxylation is 1. The topological polar surface area (TPSA) is 41.8 Å². The minimum absolute atomic E-state index is 0.0155. The van der Waals surface area contributed by atoms with Crippen LogP contribution in [0.4, 0.5) is 0 Å². The van der Waals surface area contributed by atoms with Crippen LogP contribution in [0.15, 0.2) is 59.1 Å². The van der Waals surface area contributed by atoms with E-state index in [-0.39, 0.29) is 24.0 Å². The number of ether oxygens (including phenoxy) is 1. The Labute approximate surface area is 164 Å². The summed E-state index contributed by atoms with van der Waals surface area (Å²) in [4.78, 5) is 5.09. The number of aliphatic hydroxyl groups excluding tert-OH is 1. The predicted molar refractivity (Wildman–Crippen MR) is 115 cm³/mol. The van der Waals surface area contributed by atoms with Crippen LogP contribution in [0.25, 0.3) is 0 Å². The highest BCUT2D eigenvalue weighted by molar-refractivity contribution is 6.15. The molecule has 0 radical (unpaired) electrons. The standard InChI is InChI=1S/C24H33NO2/c1-16-8-9-20-18(3)23(19(11-13-26)15-27-7)25-22(21(20)14-16)17(2)10-12-24(4,5)6/h8-12,14,18,23,26H,2,13,15H2,1,3-7H3/b12-10-,19-11+. The van der Waals surface area contributed by atoms with Gasteiger partial charge in [-0.3, -0.25) is 4.99 Å². The highest BCUT2D eigenvalue weighted by atomic mass is 16.5. The molecule has 0 saturated heterocycles. The molecule has 146 valence electrons. The van der Waals surface area contributed by atoms with Gasteiger partial charge in [0.1, 0.15) is 0 Å². The van der Waals surface area contributed by atoms with E-state index in [1.807, 2.05) is 6.08 Å². The van der Waals surface area contributed by atoms with Gasteiger partial charge in [0.25, 0.3) is 0 Å². The van der Waals surface area contributed by atoms with Crippen LogP contribution >= 0.6 is 0 Å². The van der Waals surface area contributed by atoms with Crippen LogP contribution in [0.2, 0.25) is 0 Å². The van der Waals surface area contributed by atoms with Gasteiger partial charge in [-0.2, -0.15) is 0 Å². The fourth-order valence-corrected chi connectivity index (χ4v) is 3.40. The molecule has 1 heterocycles. The van der Waals surface area contributed by atoms with Crippen LogP contribution in [0.5, 0.6) is 0 Å². The van der Waals surface area contributed by atoms with Crippen molar-refractivity contribution in [2.75, 3.05) is 20.3 Å². The molecule has 0 spiro atoms. The number of nitrogens with zero attached hydrogens (tertiary/aromatic N) is 1. The Hall–Kier alpha value is -1.97. The number of fused-ring (bicyclic) bond motifs is 1. The molecular weight excluding hydrogens is 334 g/mol. The highest BCUT2D eigenvalue weighted by Crippen LogP contribution is 2.36. The summed E-state index contributed by atoms with van der Waals surface area (Å²) in [6.45, 7) is 15.5. The van der Waals surface area contributed by atoms with Crippen molar-refractivity contribution in [3.8, 4) is 0 Å². The normalized spacial score (nSPS) is 20.6. The molecule has 0 aromatic heterocycles. The molecule has 1 aliphatic heterocycles. The summed E-state index contributed by atoms with van der Waals surface area (Å²) in [6.07, 6.45) is 6.06. The largest absolute Gasteiger partial charge is 0.392 e. The van der Waals surface area contributed by atoms with Crippen LogP contribution in [0, 0.1) is 12.3 Å². The summed E-state index contributed by atoms with van der Waals surface area (Å²) in [7, 11) is 1.67. The first-order valence-corrected chi connectivity index (χ1v) is 9.54. The van der Waals surface area contributed by atoms with Gasteiger partial charge in [0.05, 0.1) is 25.0 Å². The molecule has 0 amide bonds. The third kappa shape index (κ3) is 5.27. The van der Waals surface area contributed by atoms with Crippen LogP contribution in [0.3, 0.4) is 0 Å². The van der Waals surface area contributed by atoms with Crippen LogP contribution in [0.1, 0.15) is 50.3 Å². The third-order valence-corrected chi connectivity index (χ3v) is 4.83. The molecule has 1 aromatic carbocycles. The van der Waals surface area contributed by atoms with Crippen molar-refractivity contribution in [2.45, 2.75) is 46.6 Å². The van der Waals surface area contributed by atoms with Crippen LogP contribution < -0.4 is 0 Å². The Bertz CT molecular complexity index is 778. The number of aliphatic imine (C=N–C) groups is 1. The van der Waals surface area contributed by atoms with Crippen molar-refractivity contribution in [1.29, 1.82) is 0 Å². The minimum Gasteiger partial charge on any atom is -0.392 e. The first-order chi connectivity index (χ1) is 12.7. The van der Waals surface area contributed by atoms with Gasteiger partial charge < -0.3 is 9.84 Å². The number of hydrogen-bond acceptors (Lipinski definition) is 3. The summed E-state index contributed by atoms with van der Waals surface area (Å²) in [5, 5.41) is 9.45. The first kappa shape index (κ1) is 21.3. The zero-order valence-corrected chi connectivity index (χ0v) is 17.5. The van der Waals surface area contributed by atoms with E-state index in [1.165, 1.54) is 11.1 Å². The average molecular weight is 368 g/mol. The minimum atomic E-state index is -0.0675. The maximum absolute atomic E-state index is 9.45. The molecule has 0 saturated carbocycles. The Morgan fingerprint density at radius 2 is 2.04 bits per heavy atom. The van der Waals surface area contributed by atoms with E-state index in [0.29, 0.717) is 6.61 Å². The Morgan fingerprint density at radius 1 is 1.33 bits per heavy atom. The number of hydrogen-bond donors (Lipinski definition) is 1. The highest BCUT2D eigenvalue weighted by Gasteiger charge is 2.30. The van der Waals surface area contributed by atoms with Crippen LogP contribution in [-0.2, 0) is 4.74 Å². The molecule has 1 aliphatic rings. The van der Waals surface area contributed by atoms with E-state index in [4.69, 9.17) is 9.73 Å². The number of aliphatic hydroxyl groups is 1. The third-order valence-electron chi connectivity index (χ3n) is 4.83. The maximum atomic E-state index is 9.45. The lowest BCUT2D eigenvalue weighted by Gasteiger charge is -2.32. The molecule has 2 atom stereocenters. The molecule has 1 N–H and O–H groups in total. The molecule has 0 aliphatic carbocycles. The van der Waals surface area contributed by atoms with Crippen molar-refractivity contribution in [2.24, 2.45) is 10.4 Å². The fourth-order valence-electron chi connectivity index (χ4n) is 3.40. The van der Waals surface area contributed by atoms with E-state index in [2.05, 4.69) is 71.5 Å². The number of allylic oxidation sites excluding steroid dienone is 3. The van der Waals surface area contributed by atoms with Gasteiger partial charge >= 0.3 is 0 Å². The average Bonchev–Trinajstić information content (AvgIpc) is 2.59. The van der Waals surface area contributed by atoms with Crippen LogP contribution in [-0.4, -0.2) is 37.2 Å². The van der Waals surface area contributed by atoms with Crippen molar-refractivity contribution in [3.05, 3.63) is 70.8 Å². The molecule has 3 heteroatoms. The second-order valence-corrected chi connectivity index (χ2v) is 8.42. The van der Waals surface area contributed by atoms with Gasteiger partial charge in [0.15, 0.2) is 0 Å². The molecular formula is C24H33NO2. The van der Waals surface area contributed by atoms with E-state index < -0.39 is 0 Å². The number of methoxy groups -OCH3 is 1. The lowest BCUT2D eigenvalue weighted by molar-refractivity contribution is 0.217. The predicted octanol–water partition coefficient (Wildman–Crippen LogP) is 4.99. The molecule has 27 heavy (non-hydrogen) atoms. The number of rotatable bonds is 6. The smallest absolute Gasteiger partial charge is 0.0805 e. The quantitative estimate of drug-likeness (QED) is 0.568.